The van der Waals surface area contributed by atoms with Gasteiger partial charge in [0.15, 0.2) is 5.15 Å². The zero-order chi connectivity index (χ0) is 15.6. The molecule has 0 radical (unpaired) electrons. The maximum absolute atomic E-state index is 13.6. The highest BCUT2D eigenvalue weighted by molar-refractivity contribution is 9.10. The first-order valence-electron chi connectivity index (χ1n) is 5.45. The molecular formula is C12H6BrClFN3O3. The van der Waals surface area contributed by atoms with Crippen molar-refractivity contribution in [2.45, 2.75) is 0 Å². The summed E-state index contributed by atoms with van der Waals surface area (Å²) in [5.74, 6) is -1.74. The molecule has 0 aliphatic heterocycles. The van der Waals surface area contributed by atoms with Crippen molar-refractivity contribution >= 4 is 44.8 Å². The molecule has 0 bridgehead atoms. The van der Waals surface area contributed by atoms with E-state index in [0.717, 1.165) is 18.2 Å². The van der Waals surface area contributed by atoms with E-state index in [-0.39, 0.29) is 16.5 Å². The molecule has 0 aliphatic carbocycles. The molecule has 6 nitrogen and oxygen atoms in total. The number of non-ortho nitro benzene ring substituents is 1. The number of nitrogens with zero attached hydrogens (tertiary/aromatic N) is 2. The van der Waals surface area contributed by atoms with Gasteiger partial charge in [0.25, 0.3) is 11.6 Å². The van der Waals surface area contributed by atoms with E-state index >= 15 is 0 Å². The summed E-state index contributed by atoms with van der Waals surface area (Å²) in [6.45, 7) is 0. The van der Waals surface area contributed by atoms with Gasteiger partial charge in [0.2, 0.25) is 0 Å². The minimum atomic E-state index is -0.878. The lowest BCUT2D eigenvalue weighted by Gasteiger charge is -2.07. The lowest BCUT2D eigenvalue weighted by molar-refractivity contribution is -0.384. The molecule has 2 rings (SSSR count). The molecule has 1 aromatic heterocycles. The number of carbonyl (C=O) groups is 1. The second kappa shape index (κ2) is 6.15. The summed E-state index contributed by atoms with van der Waals surface area (Å²) in [6, 6.07) is 4.15. The molecule has 21 heavy (non-hydrogen) atoms. The first kappa shape index (κ1) is 15.3. The third-order valence-electron chi connectivity index (χ3n) is 2.46. The van der Waals surface area contributed by atoms with E-state index < -0.39 is 22.2 Å². The van der Waals surface area contributed by atoms with E-state index in [2.05, 4.69) is 26.2 Å². The van der Waals surface area contributed by atoms with Crippen LogP contribution in [0.2, 0.25) is 5.15 Å². The number of halogens is 3. The normalized spacial score (nSPS) is 10.2. The maximum Gasteiger partial charge on any atom is 0.270 e. The van der Waals surface area contributed by atoms with Gasteiger partial charge in [-0.1, -0.05) is 11.6 Å². The Morgan fingerprint density at radius 2 is 2.14 bits per heavy atom. The fraction of sp³-hybridized carbons (Fsp3) is 0. The second-order valence-electron chi connectivity index (χ2n) is 3.87. The van der Waals surface area contributed by atoms with Crippen LogP contribution in [0.3, 0.4) is 0 Å². The molecule has 1 N–H and O–H groups in total. The Morgan fingerprint density at radius 1 is 1.43 bits per heavy atom. The fourth-order valence-corrected chi connectivity index (χ4v) is 1.98. The van der Waals surface area contributed by atoms with Gasteiger partial charge in [-0.05, 0) is 28.1 Å². The summed E-state index contributed by atoms with van der Waals surface area (Å²) in [7, 11) is 0. The number of carbonyl (C=O) groups excluding carboxylic acids is 1. The molecule has 1 heterocycles. The van der Waals surface area contributed by atoms with Crippen molar-refractivity contribution < 1.29 is 14.1 Å². The van der Waals surface area contributed by atoms with Crippen molar-refractivity contribution in [1.82, 2.24) is 4.98 Å². The molecule has 0 spiro atoms. The van der Waals surface area contributed by atoms with E-state index in [0.29, 0.717) is 4.47 Å². The van der Waals surface area contributed by atoms with Gasteiger partial charge in [-0.2, -0.15) is 0 Å². The highest BCUT2D eigenvalue weighted by atomic mass is 79.9. The van der Waals surface area contributed by atoms with Gasteiger partial charge < -0.3 is 5.32 Å². The van der Waals surface area contributed by atoms with Crippen LogP contribution in [0.25, 0.3) is 0 Å². The van der Waals surface area contributed by atoms with Gasteiger partial charge in [-0.25, -0.2) is 9.37 Å². The largest absolute Gasteiger partial charge is 0.319 e. The number of aromatic nitrogens is 1. The zero-order valence-electron chi connectivity index (χ0n) is 10.1. The first-order valence-corrected chi connectivity index (χ1v) is 6.62. The Balaban J connectivity index is 2.34. The summed E-state index contributed by atoms with van der Waals surface area (Å²) in [4.78, 5) is 25.7. The molecule has 0 fully saturated rings. The van der Waals surface area contributed by atoms with Crippen molar-refractivity contribution in [3.8, 4) is 0 Å². The topological polar surface area (TPSA) is 85.1 Å². The SMILES string of the molecule is O=C(Nc1cc(Br)cnc1Cl)c1cc([N+](=O)[O-])ccc1F. The number of rotatable bonds is 3. The van der Waals surface area contributed by atoms with Crippen molar-refractivity contribution in [3.63, 3.8) is 0 Å². The molecule has 0 saturated heterocycles. The summed E-state index contributed by atoms with van der Waals surface area (Å²) < 4.78 is 14.2. The number of nitro groups is 1. The third-order valence-corrected chi connectivity index (χ3v) is 3.19. The van der Waals surface area contributed by atoms with E-state index in [1.165, 1.54) is 12.3 Å². The van der Waals surface area contributed by atoms with Gasteiger partial charge in [0.1, 0.15) is 5.82 Å². The highest BCUT2D eigenvalue weighted by Gasteiger charge is 2.18. The molecule has 0 unspecified atom stereocenters. The van der Waals surface area contributed by atoms with Crippen LogP contribution in [0, 0.1) is 15.9 Å². The van der Waals surface area contributed by atoms with E-state index in [9.17, 15) is 19.3 Å². The van der Waals surface area contributed by atoms with E-state index in [1.807, 2.05) is 0 Å². The average molecular weight is 375 g/mol. The lowest BCUT2D eigenvalue weighted by atomic mass is 10.1. The van der Waals surface area contributed by atoms with Crippen LogP contribution in [0.5, 0.6) is 0 Å². The van der Waals surface area contributed by atoms with Gasteiger partial charge in [0, 0.05) is 22.8 Å². The number of hydrogen-bond acceptors (Lipinski definition) is 4. The number of amides is 1. The van der Waals surface area contributed by atoms with Gasteiger partial charge in [-0.3, -0.25) is 14.9 Å². The van der Waals surface area contributed by atoms with Crippen LogP contribution in [-0.4, -0.2) is 15.8 Å². The number of nitrogens with one attached hydrogen (secondary N) is 1. The molecule has 0 aliphatic rings. The Labute approximate surface area is 131 Å². The minimum Gasteiger partial charge on any atom is -0.319 e. The molecule has 9 heteroatoms. The monoisotopic (exact) mass is 373 g/mol. The second-order valence-corrected chi connectivity index (χ2v) is 5.14. The van der Waals surface area contributed by atoms with Crippen LogP contribution >= 0.6 is 27.5 Å². The smallest absolute Gasteiger partial charge is 0.270 e. The van der Waals surface area contributed by atoms with Crippen molar-refractivity contribution in [1.29, 1.82) is 0 Å². The minimum absolute atomic E-state index is 0.0115. The molecule has 108 valence electrons. The van der Waals surface area contributed by atoms with Crippen molar-refractivity contribution in [2.24, 2.45) is 0 Å². The number of hydrogen-bond donors (Lipinski definition) is 1. The zero-order valence-corrected chi connectivity index (χ0v) is 12.5. The van der Waals surface area contributed by atoms with Crippen LogP contribution in [0.4, 0.5) is 15.8 Å². The predicted octanol–water partition coefficient (Wildman–Crippen LogP) is 3.80. The molecule has 0 atom stereocenters. The standard InChI is InChI=1S/C12H6BrClFN3O3/c13-6-3-10(11(14)16-5-6)17-12(19)8-4-7(18(20)21)1-2-9(8)15/h1-5H,(H,17,19). The number of pyridine rings is 1. The molecule has 0 saturated carbocycles. The Bertz CT molecular complexity index is 742. The average Bonchev–Trinajstić information content (AvgIpc) is 2.43. The molecule has 1 aromatic carbocycles. The molecular weight excluding hydrogens is 369 g/mol. The summed E-state index contributed by atoms with van der Waals surface area (Å²) in [5.41, 5.74) is -0.692. The Hall–Kier alpha value is -2.06. The van der Waals surface area contributed by atoms with Gasteiger partial charge >= 0.3 is 0 Å². The van der Waals surface area contributed by atoms with Crippen LogP contribution in [0.15, 0.2) is 34.9 Å². The van der Waals surface area contributed by atoms with Crippen LogP contribution < -0.4 is 5.32 Å². The quantitative estimate of drug-likeness (QED) is 0.503. The van der Waals surface area contributed by atoms with Crippen LogP contribution in [0.1, 0.15) is 10.4 Å². The predicted molar refractivity (Wildman–Crippen MR) is 78.0 cm³/mol. The summed E-state index contributed by atoms with van der Waals surface area (Å²) >= 11 is 8.95. The number of anilines is 1. The van der Waals surface area contributed by atoms with E-state index in [1.54, 1.807) is 0 Å². The number of benzene rings is 1. The van der Waals surface area contributed by atoms with Crippen molar-refractivity contribution in [3.05, 3.63) is 61.6 Å². The Morgan fingerprint density at radius 3 is 2.81 bits per heavy atom. The van der Waals surface area contributed by atoms with Crippen LogP contribution in [-0.2, 0) is 0 Å². The maximum atomic E-state index is 13.6. The third kappa shape index (κ3) is 3.53. The van der Waals surface area contributed by atoms with E-state index in [4.69, 9.17) is 11.6 Å². The number of nitro benzene ring substituents is 1. The summed E-state index contributed by atoms with van der Waals surface area (Å²) in [6.07, 6.45) is 1.42. The first-order chi connectivity index (χ1) is 9.88. The van der Waals surface area contributed by atoms with Gasteiger partial charge in [0.05, 0.1) is 16.2 Å². The fourth-order valence-electron chi connectivity index (χ4n) is 1.50. The van der Waals surface area contributed by atoms with Gasteiger partial charge in [-0.15, -0.1) is 0 Å². The molecule has 1 amide bonds. The highest BCUT2D eigenvalue weighted by Crippen LogP contribution is 2.24. The van der Waals surface area contributed by atoms with Crippen molar-refractivity contribution in [2.75, 3.05) is 5.32 Å². The molecule has 2 aromatic rings. The summed E-state index contributed by atoms with van der Waals surface area (Å²) in [5, 5.41) is 13.0. The Kier molecular flexibility index (Phi) is 4.49. The lowest BCUT2D eigenvalue weighted by Crippen LogP contribution is -2.14.